The van der Waals surface area contributed by atoms with Gasteiger partial charge in [0.1, 0.15) is 6.54 Å². The summed E-state index contributed by atoms with van der Waals surface area (Å²) in [6.07, 6.45) is 0. The Balaban J connectivity index is 2.28. The van der Waals surface area contributed by atoms with E-state index in [1.165, 1.54) is 14.1 Å². The molecule has 0 unspecified atom stereocenters. The van der Waals surface area contributed by atoms with Gasteiger partial charge < -0.3 is 5.32 Å². The molecule has 0 aromatic heterocycles. The highest BCUT2D eigenvalue weighted by Gasteiger charge is 2.28. The van der Waals surface area contributed by atoms with E-state index >= 15 is 0 Å². The molecule has 0 aliphatic carbocycles. The van der Waals surface area contributed by atoms with Gasteiger partial charge in [-0.2, -0.15) is 12.7 Å². The summed E-state index contributed by atoms with van der Waals surface area (Å²) in [6.45, 7) is 7.32. The second-order valence-electron chi connectivity index (χ2n) is 7.29. The second kappa shape index (κ2) is 8.75. The Morgan fingerprint density at radius 3 is 2.14 bits per heavy atom. The fourth-order valence-electron chi connectivity index (χ4n) is 2.83. The zero-order chi connectivity index (χ0) is 21.1. The maximum Gasteiger partial charge on any atom is 0.304 e. The zero-order valence-corrected chi connectivity index (χ0v) is 18.2. The molecular formula is C21H29N3O3S. The van der Waals surface area contributed by atoms with Crippen molar-refractivity contribution in [2.45, 2.75) is 33.7 Å². The molecule has 0 heterocycles. The standard InChI is InChI=1S/C21H29N3O3S/c1-15-8-11-19(12-9-15)18(4)22-21(25)14-24(28(26,27)23(5)6)20-13-16(2)7-10-17(20)3/h7-13,18H,14H2,1-6H3,(H,22,25)/t18-/m0/s1. The van der Waals surface area contributed by atoms with Crippen LogP contribution in [0.4, 0.5) is 5.69 Å². The van der Waals surface area contributed by atoms with Crippen LogP contribution in [-0.2, 0) is 15.0 Å². The third-order valence-electron chi connectivity index (χ3n) is 4.62. The van der Waals surface area contributed by atoms with Crippen LogP contribution in [0.2, 0.25) is 0 Å². The van der Waals surface area contributed by atoms with E-state index in [-0.39, 0.29) is 18.5 Å². The van der Waals surface area contributed by atoms with Crippen LogP contribution in [0.15, 0.2) is 42.5 Å². The number of benzene rings is 2. The first-order chi connectivity index (χ1) is 13.0. The zero-order valence-electron chi connectivity index (χ0n) is 17.4. The first kappa shape index (κ1) is 21.9. The number of rotatable bonds is 7. The highest BCUT2D eigenvalue weighted by atomic mass is 32.2. The SMILES string of the molecule is Cc1ccc([C@H](C)NC(=O)CN(c2cc(C)ccc2C)S(=O)(=O)N(C)C)cc1. The van der Waals surface area contributed by atoms with E-state index in [0.717, 1.165) is 30.9 Å². The summed E-state index contributed by atoms with van der Waals surface area (Å²) in [7, 11) is -0.909. The Morgan fingerprint density at radius 2 is 1.57 bits per heavy atom. The molecule has 0 spiro atoms. The molecule has 0 radical (unpaired) electrons. The number of nitrogens with zero attached hydrogens (tertiary/aromatic N) is 2. The molecule has 1 amide bonds. The Hall–Kier alpha value is -2.38. The van der Waals surface area contributed by atoms with Crippen molar-refractivity contribution in [2.75, 3.05) is 24.9 Å². The van der Waals surface area contributed by atoms with Gasteiger partial charge in [0.2, 0.25) is 5.91 Å². The molecule has 0 bridgehead atoms. The molecule has 0 aliphatic heterocycles. The van der Waals surface area contributed by atoms with Crippen molar-refractivity contribution in [1.29, 1.82) is 0 Å². The minimum absolute atomic E-state index is 0.226. The van der Waals surface area contributed by atoms with Gasteiger partial charge in [-0.15, -0.1) is 0 Å². The fraction of sp³-hybridized carbons (Fsp3) is 0.381. The van der Waals surface area contributed by atoms with Crippen molar-refractivity contribution in [3.8, 4) is 0 Å². The number of carbonyl (C=O) groups is 1. The molecule has 2 rings (SSSR count). The van der Waals surface area contributed by atoms with Crippen LogP contribution in [0, 0.1) is 20.8 Å². The number of aryl methyl sites for hydroxylation is 3. The van der Waals surface area contributed by atoms with Crippen molar-refractivity contribution in [2.24, 2.45) is 0 Å². The van der Waals surface area contributed by atoms with Gasteiger partial charge in [0.05, 0.1) is 11.7 Å². The van der Waals surface area contributed by atoms with E-state index in [0.29, 0.717) is 5.69 Å². The smallest absolute Gasteiger partial charge is 0.304 e. The van der Waals surface area contributed by atoms with Gasteiger partial charge in [0.25, 0.3) is 0 Å². The number of carbonyl (C=O) groups excluding carboxylic acids is 1. The molecule has 1 atom stereocenters. The minimum atomic E-state index is -3.83. The van der Waals surface area contributed by atoms with Gasteiger partial charge in [0.15, 0.2) is 0 Å². The maximum absolute atomic E-state index is 12.9. The second-order valence-corrected chi connectivity index (χ2v) is 9.35. The third-order valence-corrected chi connectivity index (χ3v) is 6.42. The number of hydrogen-bond donors (Lipinski definition) is 1. The average molecular weight is 404 g/mol. The highest BCUT2D eigenvalue weighted by Crippen LogP contribution is 2.25. The molecule has 2 aromatic rings. The van der Waals surface area contributed by atoms with E-state index in [9.17, 15) is 13.2 Å². The van der Waals surface area contributed by atoms with Crippen LogP contribution >= 0.6 is 0 Å². The van der Waals surface area contributed by atoms with E-state index in [1.807, 2.05) is 64.1 Å². The summed E-state index contributed by atoms with van der Waals surface area (Å²) in [4.78, 5) is 12.7. The molecule has 0 fully saturated rings. The summed E-state index contributed by atoms with van der Waals surface area (Å²) in [5.74, 6) is -0.362. The molecule has 0 aliphatic rings. The van der Waals surface area contributed by atoms with Gasteiger partial charge in [-0.1, -0.05) is 42.0 Å². The van der Waals surface area contributed by atoms with Gasteiger partial charge in [-0.05, 0) is 50.5 Å². The Labute approximate surface area is 168 Å². The maximum atomic E-state index is 12.9. The van der Waals surface area contributed by atoms with Crippen LogP contribution in [0.1, 0.15) is 35.2 Å². The van der Waals surface area contributed by atoms with E-state index in [4.69, 9.17) is 0 Å². The number of hydrogen-bond acceptors (Lipinski definition) is 3. The number of anilines is 1. The van der Waals surface area contributed by atoms with E-state index < -0.39 is 10.2 Å². The van der Waals surface area contributed by atoms with Crippen LogP contribution in [0.5, 0.6) is 0 Å². The molecule has 2 aromatic carbocycles. The van der Waals surface area contributed by atoms with E-state index in [1.54, 1.807) is 6.07 Å². The molecule has 28 heavy (non-hydrogen) atoms. The monoisotopic (exact) mass is 403 g/mol. The fourth-order valence-corrected chi connectivity index (χ4v) is 3.95. The summed E-state index contributed by atoms with van der Waals surface area (Å²) in [5.41, 5.74) is 4.32. The highest BCUT2D eigenvalue weighted by molar-refractivity contribution is 7.90. The summed E-state index contributed by atoms with van der Waals surface area (Å²) in [5, 5.41) is 2.90. The molecule has 6 nitrogen and oxygen atoms in total. The lowest BCUT2D eigenvalue weighted by atomic mass is 10.1. The lowest BCUT2D eigenvalue weighted by Crippen LogP contribution is -2.46. The summed E-state index contributed by atoms with van der Waals surface area (Å²) >= 11 is 0. The van der Waals surface area contributed by atoms with Gasteiger partial charge in [-0.3, -0.25) is 4.79 Å². The normalized spacial score (nSPS) is 12.7. The van der Waals surface area contributed by atoms with Crippen molar-refractivity contribution >= 4 is 21.8 Å². The first-order valence-electron chi connectivity index (χ1n) is 9.15. The largest absolute Gasteiger partial charge is 0.348 e. The average Bonchev–Trinajstić information content (AvgIpc) is 2.62. The summed E-state index contributed by atoms with van der Waals surface area (Å²) in [6, 6.07) is 13.2. The van der Waals surface area contributed by atoms with Gasteiger partial charge in [0, 0.05) is 14.1 Å². The topological polar surface area (TPSA) is 69.7 Å². The Kier molecular flexibility index (Phi) is 6.85. The van der Waals surface area contributed by atoms with Crippen LogP contribution < -0.4 is 9.62 Å². The molecular weight excluding hydrogens is 374 g/mol. The number of nitrogens with one attached hydrogen (secondary N) is 1. The quantitative estimate of drug-likeness (QED) is 0.772. The third kappa shape index (κ3) is 5.11. The Morgan fingerprint density at radius 1 is 1.00 bits per heavy atom. The first-order valence-corrected chi connectivity index (χ1v) is 10.6. The molecule has 1 N–H and O–H groups in total. The van der Waals surface area contributed by atoms with E-state index in [2.05, 4.69) is 5.32 Å². The van der Waals surface area contributed by atoms with Crippen molar-refractivity contribution in [1.82, 2.24) is 9.62 Å². The lowest BCUT2D eigenvalue weighted by Gasteiger charge is -2.29. The van der Waals surface area contributed by atoms with Gasteiger partial charge >= 0.3 is 10.2 Å². The predicted octanol–water partition coefficient (Wildman–Crippen LogP) is 3.10. The Bertz CT molecular complexity index is 938. The minimum Gasteiger partial charge on any atom is -0.348 e. The number of amides is 1. The van der Waals surface area contributed by atoms with Crippen LogP contribution in [0.25, 0.3) is 0 Å². The van der Waals surface area contributed by atoms with Crippen LogP contribution in [-0.4, -0.2) is 39.3 Å². The van der Waals surface area contributed by atoms with Crippen molar-refractivity contribution in [3.63, 3.8) is 0 Å². The lowest BCUT2D eigenvalue weighted by molar-refractivity contribution is -0.120. The molecule has 7 heteroatoms. The molecule has 0 saturated heterocycles. The summed E-state index contributed by atoms with van der Waals surface area (Å²) < 4.78 is 28.1. The van der Waals surface area contributed by atoms with Gasteiger partial charge in [-0.25, -0.2) is 4.31 Å². The predicted molar refractivity (Wildman–Crippen MR) is 114 cm³/mol. The van der Waals surface area contributed by atoms with Crippen molar-refractivity contribution < 1.29 is 13.2 Å². The molecule has 152 valence electrons. The van der Waals surface area contributed by atoms with Crippen molar-refractivity contribution in [3.05, 3.63) is 64.7 Å². The molecule has 0 saturated carbocycles. The van der Waals surface area contributed by atoms with Crippen LogP contribution in [0.3, 0.4) is 0 Å².